The highest BCUT2D eigenvalue weighted by atomic mass is 14.9. The molecule has 3 atom stereocenters. The van der Waals surface area contributed by atoms with Gasteiger partial charge >= 0.3 is 0 Å². The lowest BCUT2D eigenvalue weighted by molar-refractivity contribution is 0.207. The molecule has 3 fully saturated rings. The first-order chi connectivity index (χ1) is 8.20. The second kappa shape index (κ2) is 4.57. The summed E-state index contributed by atoms with van der Waals surface area (Å²) in [6.45, 7) is 7.12. The predicted molar refractivity (Wildman–Crippen MR) is 72.9 cm³/mol. The van der Waals surface area contributed by atoms with Crippen LogP contribution in [0.2, 0.25) is 0 Å². The van der Waals surface area contributed by atoms with Crippen LogP contribution in [0.4, 0.5) is 0 Å². The van der Waals surface area contributed by atoms with Crippen LogP contribution in [-0.2, 0) is 0 Å². The van der Waals surface area contributed by atoms with Gasteiger partial charge in [0.1, 0.15) is 0 Å². The SMILES string of the molecule is CC(C)CNCC1CC12CCCC(C1CC1)C2. The molecule has 1 spiro atoms. The fraction of sp³-hybridized carbons (Fsp3) is 1.00. The van der Waals surface area contributed by atoms with Crippen molar-refractivity contribution in [3.63, 3.8) is 0 Å². The molecule has 1 N–H and O–H groups in total. The van der Waals surface area contributed by atoms with Gasteiger partial charge in [-0.25, -0.2) is 0 Å². The molecule has 1 heteroatoms. The van der Waals surface area contributed by atoms with Crippen LogP contribution in [0.5, 0.6) is 0 Å². The molecule has 0 aromatic carbocycles. The van der Waals surface area contributed by atoms with E-state index >= 15 is 0 Å². The minimum atomic E-state index is 0.801. The quantitative estimate of drug-likeness (QED) is 0.763. The smallest absolute Gasteiger partial charge is 0.00149 e. The highest BCUT2D eigenvalue weighted by Gasteiger charge is 2.56. The molecule has 0 aliphatic heterocycles. The van der Waals surface area contributed by atoms with Crippen molar-refractivity contribution in [3.05, 3.63) is 0 Å². The lowest BCUT2D eigenvalue weighted by Crippen LogP contribution is -2.26. The van der Waals surface area contributed by atoms with Gasteiger partial charge in [0.05, 0.1) is 0 Å². The Hall–Kier alpha value is -0.0400. The number of rotatable bonds is 5. The molecule has 0 radical (unpaired) electrons. The Labute approximate surface area is 107 Å². The van der Waals surface area contributed by atoms with Crippen LogP contribution in [0.15, 0.2) is 0 Å². The van der Waals surface area contributed by atoms with Gasteiger partial charge in [-0.3, -0.25) is 0 Å². The Morgan fingerprint density at radius 3 is 2.65 bits per heavy atom. The molecule has 1 nitrogen and oxygen atoms in total. The third-order valence-corrected chi connectivity index (χ3v) is 5.51. The van der Waals surface area contributed by atoms with Crippen LogP contribution in [0.3, 0.4) is 0 Å². The Kier molecular flexibility index (Phi) is 3.23. The molecule has 3 rings (SSSR count). The minimum absolute atomic E-state index is 0.801. The average molecular weight is 235 g/mol. The van der Waals surface area contributed by atoms with E-state index in [1.807, 2.05) is 0 Å². The second-order valence-electron chi connectivity index (χ2n) is 7.51. The minimum Gasteiger partial charge on any atom is -0.316 e. The van der Waals surface area contributed by atoms with E-state index in [-0.39, 0.29) is 0 Å². The predicted octanol–water partition coefficient (Wildman–Crippen LogP) is 3.84. The molecule has 3 unspecified atom stereocenters. The molecule has 0 saturated heterocycles. The lowest BCUT2D eigenvalue weighted by atomic mass is 9.75. The Morgan fingerprint density at radius 2 is 1.94 bits per heavy atom. The van der Waals surface area contributed by atoms with Crippen molar-refractivity contribution < 1.29 is 0 Å². The molecule has 0 aromatic rings. The largest absolute Gasteiger partial charge is 0.316 e. The van der Waals surface area contributed by atoms with Gasteiger partial charge in [-0.1, -0.05) is 26.7 Å². The van der Waals surface area contributed by atoms with Crippen molar-refractivity contribution in [2.75, 3.05) is 13.1 Å². The second-order valence-corrected chi connectivity index (χ2v) is 7.51. The topological polar surface area (TPSA) is 12.0 Å². The summed E-state index contributed by atoms with van der Waals surface area (Å²) in [7, 11) is 0. The molecule has 0 heterocycles. The number of hydrogen-bond donors (Lipinski definition) is 1. The summed E-state index contributed by atoms with van der Waals surface area (Å²) in [5.74, 6) is 4.11. The maximum absolute atomic E-state index is 3.68. The van der Waals surface area contributed by atoms with Gasteiger partial charge in [-0.05, 0) is 74.3 Å². The van der Waals surface area contributed by atoms with Gasteiger partial charge in [0.2, 0.25) is 0 Å². The lowest BCUT2D eigenvalue weighted by Gasteiger charge is -2.30. The summed E-state index contributed by atoms with van der Waals surface area (Å²) >= 11 is 0. The zero-order chi connectivity index (χ0) is 11.9. The summed E-state index contributed by atoms with van der Waals surface area (Å²) < 4.78 is 0. The van der Waals surface area contributed by atoms with E-state index in [2.05, 4.69) is 19.2 Å². The van der Waals surface area contributed by atoms with Crippen LogP contribution in [-0.4, -0.2) is 13.1 Å². The van der Waals surface area contributed by atoms with E-state index in [1.54, 1.807) is 38.5 Å². The van der Waals surface area contributed by atoms with Crippen molar-refractivity contribution in [2.45, 2.75) is 58.8 Å². The Balaban J connectivity index is 1.44. The zero-order valence-corrected chi connectivity index (χ0v) is 11.7. The number of nitrogens with one attached hydrogen (secondary N) is 1. The van der Waals surface area contributed by atoms with E-state index in [4.69, 9.17) is 0 Å². The third-order valence-electron chi connectivity index (χ3n) is 5.51. The van der Waals surface area contributed by atoms with Crippen molar-refractivity contribution >= 4 is 0 Å². The van der Waals surface area contributed by atoms with Crippen LogP contribution < -0.4 is 5.32 Å². The number of hydrogen-bond acceptors (Lipinski definition) is 1. The van der Waals surface area contributed by atoms with Gasteiger partial charge in [-0.2, -0.15) is 0 Å². The molecule has 3 saturated carbocycles. The van der Waals surface area contributed by atoms with Crippen molar-refractivity contribution in [2.24, 2.45) is 29.1 Å². The van der Waals surface area contributed by atoms with E-state index in [0.717, 1.165) is 29.1 Å². The van der Waals surface area contributed by atoms with Gasteiger partial charge in [0, 0.05) is 0 Å². The first-order valence-electron chi connectivity index (χ1n) is 7.90. The first-order valence-corrected chi connectivity index (χ1v) is 7.90. The van der Waals surface area contributed by atoms with E-state index < -0.39 is 0 Å². The maximum atomic E-state index is 3.68. The van der Waals surface area contributed by atoms with Crippen LogP contribution >= 0.6 is 0 Å². The molecular weight excluding hydrogens is 206 g/mol. The van der Waals surface area contributed by atoms with Gasteiger partial charge in [0.25, 0.3) is 0 Å². The normalized spacial score (nSPS) is 41.1. The Morgan fingerprint density at radius 1 is 1.12 bits per heavy atom. The van der Waals surface area contributed by atoms with E-state index in [9.17, 15) is 0 Å². The van der Waals surface area contributed by atoms with Crippen LogP contribution in [0.25, 0.3) is 0 Å². The molecule has 3 aliphatic carbocycles. The summed E-state index contributed by atoms with van der Waals surface area (Å²) in [4.78, 5) is 0. The Bertz CT molecular complexity index is 269. The van der Waals surface area contributed by atoms with Crippen molar-refractivity contribution in [1.29, 1.82) is 0 Å². The molecular formula is C16H29N. The summed E-state index contributed by atoms with van der Waals surface area (Å²) in [5.41, 5.74) is 0.815. The fourth-order valence-corrected chi connectivity index (χ4v) is 4.24. The van der Waals surface area contributed by atoms with Crippen molar-refractivity contribution in [3.8, 4) is 0 Å². The van der Waals surface area contributed by atoms with Crippen LogP contribution in [0.1, 0.15) is 58.8 Å². The molecule has 0 bridgehead atoms. The first kappa shape index (κ1) is 12.0. The van der Waals surface area contributed by atoms with Gasteiger partial charge in [0.15, 0.2) is 0 Å². The standard InChI is InChI=1S/C16H29N/c1-12(2)10-17-11-15-9-16(15)7-3-4-14(8-16)13-5-6-13/h12-15,17H,3-11H2,1-2H3. The third kappa shape index (κ3) is 2.70. The monoisotopic (exact) mass is 235 g/mol. The molecule has 0 aromatic heterocycles. The van der Waals surface area contributed by atoms with E-state index in [0.29, 0.717) is 0 Å². The van der Waals surface area contributed by atoms with Gasteiger partial charge in [-0.15, -0.1) is 0 Å². The van der Waals surface area contributed by atoms with Crippen LogP contribution in [0, 0.1) is 29.1 Å². The maximum Gasteiger partial charge on any atom is -0.00149 e. The highest BCUT2D eigenvalue weighted by molar-refractivity contribution is 5.07. The summed E-state index contributed by atoms with van der Waals surface area (Å²) in [5, 5.41) is 3.68. The van der Waals surface area contributed by atoms with Gasteiger partial charge < -0.3 is 5.32 Å². The highest BCUT2D eigenvalue weighted by Crippen LogP contribution is 2.64. The summed E-state index contributed by atoms with van der Waals surface area (Å²) in [6, 6.07) is 0. The summed E-state index contributed by atoms with van der Waals surface area (Å²) in [6.07, 6.45) is 10.9. The molecule has 98 valence electrons. The average Bonchev–Trinajstić information content (AvgIpc) is 3.16. The zero-order valence-electron chi connectivity index (χ0n) is 11.7. The fourth-order valence-electron chi connectivity index (χ4n) is 4.24. The van der Waals surface area contributed by atoms with E-state index in [1.165, 1.54) is 19.5 Å². The molecule has 17 heavy (non-hydrogen) atoms. The molecule has 0 amide bonds. The van der Waals surface area contributed by atoms with Crippen molar-refractivity contribution in [1.82, 2.24) is 5.32 Å². The molecule has 3 aliphatic rings.